The molecule has 10 heteroatoms. The van der Waals surface area contributed by atoms with E-state index in [4.69, 9.17) is 5.26 Å². The molecule has 0 amide bonds. The maximum atomic E-state index is 12.9. The fourth-order valence-corrected chi connectivity index (χ4v) is 1.57. The zero-order chi connectivity index (χ0) is 17.1. The van der Waals surface area contributed by atoms with Gasteiger partial charge in [0.25, 0.3) is 0 Å². The zero-order valence-corrected chi connectivity index (χ0v) is 10.8. The maximum absolute atomic E-state index is 12.9. The van der Waals surface area contributed by atoms with E-state index in [2.05, 4.69) is 9.47 Å². The van der Waals surface area contributed by atoms with Crippen molar-refractivity contribution in [2.75, 3.05) is 6.61 Å². The number of nitrogens with zero attached hydrogens (tertiary/aromatic N) is 1. The van der Waals surface area contributed by atoms with Crippen molar-refractivity contribution in [1.29, 1.82) is 5.26 Å². The molecule has 0 aliphatic carbocycles. The van der Waals surface area contributed by atoms with E-state index in [0.29, 0.717) is 0 Å². The van der Waals surface area contributed by atoms with E-state index in [9.17, 15) is 31.1 Å². The smallest absolute Gasteiger partial charge is 0.462 e. The molecule has 0 saturated carbocycles. The number of alkyl halides is 6. The van der Waals surface area contributed by atoms with Gasteiger partial charge in [-0.1, -0.05) is 0 Å². The van der Waals surface area contributed by atoms with E-state index in [1.165, 1.54) is 6.92 Å². The van der Waals surface area contributed by atoms with Crippen molar-refractivity contribution in [2.24, 2.45) is 0 Å². The quantitative estimate of drug-likeness (QED) is 0.628. The third-order valence-electron chi connectivity index (χ3n) is 2.24. The molecule has 0 spiro atoms. The van der Waals surface area contributed by atoms with Crippen molar-refractivity contribution in [3.05, 3.63) is 28.8 Å². The molecule has 0 fully saturated rings. The lowest BCUT2D eigenvalue weighted by atomic mass is 10.0. The van der Waals surface area contributed by atoms with Gasteiger partial charge in [-0.25, -0.2) is 4.79 Å². The van der Waals surface area contributed by atoms with Gasteiger partial charge in [-0.2, -0.15) is 18.4 Å². The number of rotatable bonds is 3. The highest BCUT2D eigenvalue weighted by Gasteiger charge is 2.40. The van der Waals surface area contributed by atoms with E-state index in [0.717, 1.165) is 6.07 Å². The van der Waals surface area contributed by atoms with Gasteiger partial charge >= 0.3 is 18.5 Å². The molecule has 0 N–H and O–H groups in total. The minimum Gasteiger partial charge on any atom is -0.462 e. The van der Waals surface area contributed by atoms with Crippen LogP contribution in [-0.2, 0) is 10.9 Å². The molecule has 1 aromatic carbocycles. The van der Waals surface area contributed by atoms with Crippen LogP contribution in [-0.4, -0.2) is 18.9 Å². The first-order chi connectivity index (χ1) is 9.99. The second-order valence-electron chi connectivity index (χ2n) is 3.77. The second-order valence-corrected chi connectivity index (χ2v) is 3.77. The highest BCUT2D eigenvalue weighted by atomic mass is 19.4. The first-order valence-corrected chi connectivity index (χ1v) is 5.57. The van der Waals surface area contributed by atoms with Gasteiger partial charge in [-0.15, -0.1) is 13.2 Å². The van der Waals surface area contributed by atoms with Gasteiger partial charge in [0, 0.05) is 0 Å². The summed E-state index contributed by atoms with van der Waals surface area (Å²) in [5.74, 6) is -2.64. The summed E-state index contributed by atoms with van der Waals surface area (Å²) in [4.78, 5) is 11.5. The summed E-state index contributed by atoms with van der Waals surface area (Å²) < 4.78 is 83.1. The molecule has 0 heterocycles. The molecule has 1 rings (SSSR count). The summed E-state index contributed by atoms with van der Waals surface area (Å²) in [6.45, 7) is 0.995. The molecule has 0 unspecified atom stereocenters. The highest BCUT2D eigenvalue weighted by molar-refractivity contribution is 5.92. The van der Waals surface area contributed by atoms with Crippen molar-refractivity contribution in [3.63, 3.8) is 0 Å². The van der Waals surface area contributed by atoms with E-state index in [1.807, 2.05) is 0 Å². The fourth-order valence-electron chi connectivity index (χ4n) is 1.57. The summed E-state index contributed by atoms with van der Waals surface area (Å²) in [6, 6.07) is 1.57. The zero-order valence-electron chi connectivity index (χ0n) is 10.8. The molecule has 0 atom stereocenters. The number of carbonyl (C=O) groups is 1. The van der Waals surface area contributed by atoms with Gasteiger partial charge in [-0.05, 0) is 19.1 Å². The van der Waals surface area contributed by atoms with Crippen molar-refractivity contribution in [1.82, 2.24) is 0 Å². The van der Waals surface area contributed by atoms with Gasteiger partial charge in [0.05, 0.1) is 29.4 Å². The normalized spacial score (nSPS) is 11.7. The van der Waals surface area contributed by atoms with Gasteiger partial charge in [0.15, 0.2) is 0 Å². The van der Waals surface area contributed by atoms with Gasteiger partial charge in [0.2, 0.25) is 0 Å². The summed E-state index contributed by atoms with van der Waals surface area (Å²) in [6.07, 6.45) is -10.3. The molecule has 0 saturated heterocycles. The maximum Gasteiger partial charge on any atom is 0.573 e. The lowest BCUT2D eigenvalue weighted by Gasteiger charge is -2.16. The Hall–Kier alpha value is -2.44. The van der Waals surface area contributed by atoms with Crippen LogP contribution in [0.3, 0.4) is 0 Å². The van der Waals surface area contributed by atoms with Gasteiger partial charge < -0.3 is 9.47 Å². The Kier molecular flexibility index (Phi) is 4.91. The van der Waals surface area contributed by atoms with Crippen LogP contribution in [0.25, 0.3) is 0 Å². The topological polar surface area (TPSA) is 59.3 Å². The van der Waals surface area contributed by atoms with Crippen LogP contribution in [0.15, 0.2) is 12.1 Å². The SMILES string of the molecule is CCOC(=O)c1cc(OC(F)(F)F)cc(C#N)c1C(F)(F)F. The Labute approximate surface area is 119 Å². The molecule has 0 radical (unpaired) electrons. The summed E-state index contributed by atoms with van der Waals surface area (Å²) in [7, 11) is 0. The number of nitriles is 1. The third-order valence-corrected chi connectivity index (χ3v) is 2.24. The van der Waals surface area contributed by atoms with E-state index < -0.39 is 40.9 Å². The third kappa shape index (κ3) is 4.28. The largest absolute Gasteiger partial charge is 0.573 e. The molecule has 0 aliphatic rings. The average Bonchev–Trinajstić information content (AvgIpc) is 2.34. The van der Waals surface area contributed by atoms with Crippen LogP contribution in [0, 0.1) is 11.3 Å². The lowest BCUT2D eigenvalue weighted by Crippen LogP contribution is -2.20. The molecule has 22 heavy (non-hydrogen) atoms. The standard InChI is InChI=1S/C12H7F6NO3/c1-2-21-10(20)8-4-7(22-12(16,17)18)3-6(5-19)9(8)11(13,14)15/h3-4H,2H2,1H3. The Balaban J connectivity index is 3.56. The van der Waals surface area contributed by atoms with E-state index in [-0.39, 0.29) is 18.7 Å². The van der Waals surface area contributed by atoms with Crippen LogP contribution in [0.4, 0.5) is 26.3 Å². The fraction of sp³-hybridized carbons (Fsp3) is 0.333. The van der Waals surface area contributed by atoms with Crippen LogP contribution in [0.5, 0.6) is 5.75 Å². The minimum absolute atomic E-state index is 0.231. The van der Waals surface area contributed by atoms with E-state index >= 15 is 0 Å². The number of benzene rings is 1. The molecule has 0 bridgehead atoms. The number of carbonyl (C=O) groups excluding carboxylic acids is 1. The number of hydrogen-bond donors (Lipinski definition) is 0. The predicted octanol–water partition coefficient (Wildman–Crippen LogP) is 3.65. The van der Waals surface area contributed by atoms with Crippen LogP contribution in [0.2, 0.25) is 0 Å². The number of ether oxygens (including phenoxy) is 2. The Morgan fingerprint density at radius 2 is 1.82 bits per heavy atom. The number of hydrogen-bond acceptors (Lipinski definition) is 4. The molecule has 120 valence electrons. The van der Waals surface area contributed by atoms with Crippen molar-refractivity contribution in [3.8, 4) is 11.8 Å². The second kappa shape index (κ2) is 6.13. The first-order valence-electron chi connectivity index (χ1n) is 5.57. The van der Waals surface area contributed by atoms with Gasteiger partial charge in [0.1, 0.15) is 5.75 Å². The summed E-state index contributed by atoms with van der Waals surface area (Å²) in [5, 5.41) is 8.70. The van der Waals surface area contributed by atoms with Crippen molar-refractivity contribution in [2.45, 2.75) is 19.5 Å². The minimum atomic E-state index is -5.20. The molecule has 1 aromatic rings. The molecule has 4 nitrogen and oxygen atoms in total. The Morgan fingerprint density at radius 3 is 2.23 bits per heavy atom. The Morgan fingerprint density at radius 1 is 1.23 bits per heavy atom. The molecule has 0 aliphatic heterocycles. The van der Waals surface area contributed by atoms with Crippen LogP contribution >= 0.6 is 0 Å². The van der Waals surface area contributed by atoms with E-state index in [1.54, 1.807) is 0 Å². The van der Waals surface area contributed by atoms with Crippen LogP contribution < -0.4 is 4.74 Å². The molecule has 0 aromatic heterocycles. The highest BCUT2D eigenvalue weighted by Crippen LogP contribution is 2.38. The summed E-state index contributed by atoms with van der Waals surface area (Å²) in [5.41, 5.74) is -4.09. The number of halogens is 6. The monoisotopic (exact) mass is 327 g/mol. The average molecular weight is 327 g/mol. The van der Waals surface area contributed by atoms with Crippen LogP contribution in [0.1, 0.15) is 28.4 Å². The summed E-state index contributed by atoms with van der Waals surface area (Å²) >= 11 is 0. The molecular weight excluding hydrogens is 320 g/mol. The predicted molar refractivity (Wildman–Crippen MR) is 58.8 cm³/mol. The lowest BCUT2D eigenvalue weighted by molar-refractivity contribution is -0.274. The Bertz CT molecular complexity index is 615. The van der Waals surface area contributed by atoms with Gasteiger partial charge in [-0.3, -0.25) is 0 Å². The van der Waals surface area contributed by atoms with Crippen molar-refractivity contribution >= 4 is 5.97 Å². The first kappa shape index (κ1) is 17.6. The molecular formula is C12H7F6NO3. The number of esters is 1. The van der Waals surface area contributed by atoms with Crippen molar-refractivity contribution < 1.29 is 40.6 Å².